The van der Waals surface area contributed by atoms with Gasteiger partial charge in [0.1, 0.15) is 11.9 Å². The van der Waals surface area contributed by atoms with Crippen LogP contribution in [-0.2, 0) is 0 Å². The van der Waals surface area contributed by atoms with Gasteiger partial charge in [-0.3, -0.25) is 0 Å². The maximum absolute atomic E-state index is 6.99. The van der Waals surface area contributed by atoms with Crippen LogP contribution in [0.4, 0.5) is 11.4 Å². The summed E-state index contributed by atoms with van der Waals surface area (Å²) in [4.78, 5) is 2.49. The maximum Gasteiger partial charge on any atom is 0.135 e. The molecule has 0 amide bonds. The molecule has 7 aromatic carbocycles. The molecule has 2 unspecified atom stereocenters. The van der Waals surface area contributed by atoms with Crippen LogP contribution in [-0.4, -0.2) is 0 Å². The molecule has 1 heterocycles. The molecule has 7 aromatic rings. The summed E-state index contributed by atoms with van der Waals surface area (Å²) in [6, 6.07) is 61.4. The van der Waals surface area contributed by atoms with Crippen LogP contribution in [0.5, 0.6) is 5.75 Å². The summed E-state index contributed by atoms with van der Waals surface area (Å²) in [6.45, 7) is 0. The summed E-state index contributed by atoms with van der Waals surface area (Å²) in [7, 11) is 0. The van der Waals surface area contributed by atoms with E-state index >= 15 is 0 Å². The van der Waals surface area contributed by atoms with Gasteiger partial charge < -0.3 is 9.64 Å². The van der Waals surface area contributed by atoms with Crippen molar-refractivity contribution in [2.45, 2.75) is 24.9 Å². The summed E-state index contributed by atoms with van der Waals surface area (Å²) in [6.07, 6.45) is 9.30. The van der Waals surface area contributed by atoms with Gasteiger partial charge in [-0.25, -0.2) is 0 Å². The maximum atomic E-state index is 6.99. The van der Waals surface area contributed by atoms with Gasteiger partial charge in [0.05, 0.1) is 11.4 Å². The fraction of sp³-hybridized carbons (Fsp3) is 0.0800. The predicted molar refractivity (Wildman–Crippen MR) is 217 cm³/mol. The highest BCUT2D eigenvalue weighted by Gasteiger charge is 2.42. The third-order valence-electron chi connectivity index (χ3n) is 10.9. The van der Waals surface area contributed by atoms with Gasteiger partial charge in [0, 0.05) is 33.9 Å². The zero-order chi connectivity index (χ0) is 34.4. The van der Waals surface area contributed by atoms with Crippen molar-refractivity contribution in [1.29, 1.82) is 0 Å². The van der Waals surface area contributed by atoms with Crippen molar-refractivity contribution in [3.63, 3.8) is 0 Å². The lowest BCUT2D eigenvalue weighted by Gasteiger charge is -2.36. The molecule has 2 atom stereocenters. The minimum absolute atomic E-state index is 0.0165. The second-order valence-corrected chi connectivity index (χ2v) is 13.8. The Bertz CT molecular complexity index is 2560. The Morgan fingerprint density at radius 2 is 1.15 bits per heavy atom. The molecule has 2 nitrogen and oxygen atoms in total. The summed E-state index contributed by atoms with van der Waals surface area (Å²) < 4.78 is 6.99. The second-order valence-electron chi connectivity index (χ2n) is 13.8. The number of ether oxygens (including phenoxy) is 1. The molecule has 0 saturated carbocycles. The number of anilines is 2. The Labute approximate surface area is 305 Å². The van der Waals surface area contributed by atoms with Crippen molar-refractivity contribution in [3.8, 4) is 16.9 Å². The number of para-hydroxylation sites is 1. The van der Waals surface area contributed by atoms with Crippen molar-refractivity contribution in [3.05, 3.63) is 216 Å². The highest BCUT2D eigenvalue weighted by Crippen LogP contribution is 2.57. The van der Waals surface area contributed by atoms with Gasteiger partial charge in [-0.05, 0) is 81.8 Å². The molecule has 2 aliphatic carbocycles. The number of allylic oxidation sites excluding steroid dienone is 4. The highest BCUT2D eigenvalue weighted by atomic mass is 16.5. The van der Waals surface area contributed by atoms with E-state index in [1.807, 2.05) is 0 Å². The molecule has 52 heavy (non-hydrogen) atoms. The molecule has 0 fully saturated rings. The van der Waals surface area contributed by atoms with Crippen LogP contribution in [0.15, 0.2) is 188 Å². The third-order valence-corrected chi connectivity index (χ3v) is 10.9. The van der Waals surface area contributed by atoms with Gasteiger partial charge in [-0.2, -0.15) is 0 Å². The van der Waals surface area contributed by atoms with E-state index in [0.717, 1.165) is 30.0 Å². The minimum Gasteiger partial charge on any atom is -0.484 e. The fourth-order valence-corrected chi connectivity index (χ4v) is 8.52. The molecule has 1 aliphatic heterocycles. The third kappa shape index (κ3) is 5.10. The first kappa shape index (κ1) is 30.4. The van der Waals surface area contributed by atoms with E-state index in [1.165, 1.54) is 66.6 Å². The Morgan fingerprint density at radius 1 is 0.500 bits per heavy atom. The number of nitrogens with zero attached hydrogens (tertiary/aromatic N) is 1. The van der Waals surface area contributed by atoms with Gasteiger partial charge in [-0.15, -0.1) is 0 Å². The highest BCUT2D eigenvalue weighted by molar-refractivity contribution is 6.07. The normalized spacial score (nSPS) is 17.2. The van der Waals surface area contributed by atoms with Crippen LogP contribution in [0.1, 0.15) is 52.7 Å². The van der Waals surface area contributed by atoms with E-state index in [4.69, 9.17) is 4.74 Å². The zero-order valence-electron chi connectivity index (χ0n) is 28.8. The van der Waals surface area contributed by atoms with E-state index in [-0.39, 0.29) is 12.0 Å². The lowest BCUT2D eigenvalue weighted by Crippen LogP contribution is -2.24. The number of fused-ring (bicyclic) bond motifs is 6. The van der Waals surface area contributed by atoms with Crippen LogP contribution in [0.25, 0.3) is 38.7 Å². The van der Waals surface area contributed by atoms with Gasteiger partial charge in [0.2, 0.25) is 0 Å². The number of rotatable bonds is 6. The molecular formula is C50H37NO. The summed E-state index contributed by atoms with van der Waals surface area (Å²) in [5.74, 6) is 0.989. The molecule has 0 spiro atoms. The molecule has 248 valence electrons. The van der Waals surface area contributed by atoms with E-state index in [1.54, 1.807) is 0 Å². The van der Waals surface area contributed by atoms with Crippen LogP contribution >= 0.6 is 0 Å². The molecule has 0 saturated heterocycles. The molecule has 0 N–H and O–H groups in total. The topological polar surface area (TPSA) is 12.5 Å². The number of hydrogen-bond donors (Lipinski definition) is 0. The molecule has 3 aliphatic rings. The molecule has 0 aromatic heterocycles. The smallest absolute Gasteiger partial charge is 0.135 e. The Hall–Kier alpha value is -6.38. The predicted octanol–water partition coefficient (Wildman–Crippen LogP) is 13.2. The van der Waals surface area contributed by atoms with Crippen molar-refractivity contribution in [2.75, 3.05) is 4.90 Å². The number of hydrogen-bond acceptors (Lipinski definition) is 2. The molecule has 0 radical (unpaired) electrons. The number of benzene rings is 7. The summed E-state index contributed by atoms with van der Waals surface area (Å²) >= 11 is 0. The lowest BCUT2D eigenvalue weighted by atomic mass is 9.77. The van der Waals surface area contributed by atoms with Crippen LogP contribution in [0.2, 0.25) is 0 Å². The minimum atomic E-state index is -0.118. The molecule has 2 heteroatoms. The van der Waals surface area contributed by atoms with E-state index in [2.05, 4.69) is 193 Å². The van der Waals surface area contributed by atoms with Crippen LogP contribution in [0, 0.1) is 0 Å². The van der Waals surface area contributed by atoms with Crippen molar-refractivity contribution < 1.29 is 4.74 Å². The Balaban J connectivity index is 1.20. The van der Waals surface area contributed by atoms with Gasteiger partial charge in [-0.1, -0.05) is 158 Å². The monoisotopic (exact) mass is 667 g/mol. The quantitative estimate of drug-likeness (QED) is 0.175. The van der Waals surface area contributed by atoms with E-state index < -0.39 is 0 Å². The van der Waals surface area contributed by atoms with E-state index in [9.17, 15) is 0 Å². The van der Waals surface area contributed by atoms with E-state index in [0.29, 0.717) is 0 Å². The molecular weight excluding hydrogens is 631 g/mol. The van der Waals surface area contributed by atoms with Gasteiger partial charge in [0.15, 0.2) is 0 Å². The van der Waals surface area contributed by atoms with Crippen LogP contribution in [0.3, 0.4) is 0 Å². The fourth-order valence-electron chi connectivity index (χ4n) is 8.52. The average molecular weight is 668 g/mol. The van der Waals surface area contributed by atoms with Crippen molar-refractivity contribution in [1.82, 2.24) is 0 Å². The van der Waals surface area contributed by atoms with Crippen molar-refractivity contribution >= 4 is 39.0 Å². The lowest BCUT2D eigenvalue weighted by molar-refractivity contribution is 0.223. The molecule has 10 rings (SSSR count). The average Bonchev–Trinajstić information content (AvgIpc) is 3.61. The van der Waals surface area contributed by atoms with Gasteiger partial charge in [0.25, 0.3) is 0 Å². The first-order chi connectivity index (χ1) is 25.8. The SMILES string of the molecule is C1=C(c2ccccc2)C(c2cccc3c2C2C=C(N(c4ccc5ccccc5c4)c4ccccc4-c4ccccc4)c4ccccc4C2O3)=CCC1. The first-order valence-electron chi connectivity index (χ1n) is 18.3. The summed E-state index contributed by atoms with van der Waals surface area (Å²) in [5.41, 5.74) is 14.6. The molecule has 0 bridgehead atoms. The van der Waals surface area contributed by atoms with Crippen LogP contribution < -0.4 is 9.64 Å². The van der Waals surface area contributed by atoms with Gasteiger partial charge >= 0.3 is 0 Å². The Morgan fingerprint density at radius 3 is 1.98 bits per heavy atom. The second kappa shape index (κ2) is 12.7. The summed E-state index contributed by atoms with van der Waals surface area (Å²) in [5, 5.41) is 2.44. The Kier molecular flexibility index (Phi) is 7.46. The zero-order valence-corrected chi connectivity index (χ0v) is 28.8. The van der Waals surface area contributed by atoms with Crippen molar-refractivity contribution in [2.24, 2.45) is 0 Å². The largest absolute Gasteiger partial charge is 0.484 e. The standard InChI is InChI=1S/C50H37NO/c1-3-17-35(18-4-1)39-22-9-10-24-41(39)43-27-15-29-48-49(43)45-33-47(42-25-11-12-26-44(42)50(45)52-48)51(38-31-30-34-16-7-8-21-37(34)32-38)46-28-14-13-23-40(46)36-19-5-2-6-20-36/h1-8,11-33,45,50H,9-10H2. The first-order valence-corrected chi connectivity index (χ1v) is 18.3.